The van der Waals surface area contributed by atoms with Crippen LogP contribution >= 0.6 is 0 Å². The van der Waals surface area contributed by atoms with Crippen LogP contribution in [0, 0.1) is 0 Å². The van der Waals surface area contributed by atoms with Crippen LogP contribution in [0.5, 0.6) is 17.6 Å². The molecule has 0 spiro atoms. The molecule has 9 heteroatoms. The first-order valence-electron chi connectivity index (χ1n) is 23.8. The molecule has 27 heterocycles. The zero-order valence-corrected chi connectivity index (χ0v) is 38.8. The topological polar surface area (TPSA) is 105 Å². The quantitative estimate of drug-likeness (QED) is 0.147. The summed E-state index contributed by atoms with van der Waals surface area (Å²) in [5, 5.41) is 0. The fourth-order valence-corrected chi connectivity index (χ4v) is 9.64. The molecule has 0 aliphatic carbocycles. The number of hydrogen-bond donors (Lipinski definition) is 0. The zero-order chi connectivity index (χ0) is 47.8. The third-order valence-electron chi connectivity index (χ3n) is 13.2. The van der Waals surface area contributed by atoms with E-state index in [0.717, 1.165) is 117 Å². The average molecular weight is 931 g/mol. The van der Waals surface area contributed by atoms with Gasteiger partial charge < -0.3 is 14.2 Å². The molecule has 21 aliphatic heterocycles. The molecule has 0 amide bonds. The van der Waals surface area contributed by atoms with Crippen molar-refractivity contribution in [3.63, 3.8) is 0 Å². The van der Waals surface area contributed by atoms with Gasteiger partial charge >= 0.3 is 0 Å². The summed E-state index contributed by atoms with van der Waals surface area (Å²) in [5.41, 5.74) is 20.5. The van der Waals surface area contributed by atoms with E-state index < -0.39 is 0 Å². The Morgan fingerprint density at radius 3 is 0.750 bits per heavy atom. The summed E-state index contributed by atoms with van der Waals surface area (Å²) in [7, 11) is 0. The lowest BCUT2D eigenvalue weighted by Gasteiger charge is -2.18. The minimum Gasteiger partial charge on any atom is -0.473 e. The highest BCUT2D eigenvalue weighted by molar-refractivity contribution is 5.94. The molecule has 0 N–H and O–H groups in total. The summed E-state index contributed by atoms with van der Waals surface area (Å²) in [6, 6.07) is 63.0. The summed E-state index contributed by atoms with van der Waals surface area (Å²) in [5.74, 6) is 1.49. The van der Waals surface area contributed by atoms with Gasteiger partial charge in [-0.15, -0.1) is 0 Å². The van der Waals surface area contributed by atoms with Crippen molar-refractivity contribution in [1.29, 1.82) is 0 Å². The van der Waals surface area contributed by atoms with Gasteiger partial charge in [-0.3, -0.25) is 15.0 Å². The number of aromatic nitrogens is 6. The first-order valence-corrected chi connectivity index (χ1v) is 23.8. The van der Waals surface area contributed by atoms with Gasteiger partial charge in [-0.2, -0.15) is 0 Å². The van der Waals surface area contributed by atoms with E-state index in [1.54, 1.807) is 18.6 Å². The molecule has 0 radical (unpaired) electrons. The van der Waals surface area contributed by atoms with Crippen molar-refractivity contribution in [1.82, 2.24) is 29.9 Å². The smallest absolute Gasteiger partial charge is 0.213 e. The SMILES string of the molecule is c1ccc2c(c1)-c1ccc(nc1)-c1ccc(nc1)OCc1cc3cc(c1)COc1ccc(cn1)-c1ccc(cn1)-c1ccccc1-c1cc-2cc(c1)-c1ccccc1-c1ccc(nc1)-c1ccc(nc1)OC3. The monoisotopic (exact) mass is 930 g/mol. The Balaban J connectivity index is 1.02. The van der Waals surface area contributed by atoms with Crippen molar-refractivity contribution in [2.24, 2.45) is 0 Å². The standard InChI is InChI=1S/C63H42N6O3/c1-4-10-55-49-28-50-30-51(29-49)57-12-6-3-9-54(57)45-15-21-60(66-33-45)48-18-24-63(69-36-48)72-39-42-26-40(37-70-61-22-16-46(34-67-61)58-19-13-43(31-64-58)52(55)7-1)25-41(27-42)38-71-62-23-17-47(35-68-62)59-20-14-44(32-65-59)53-8-2-5-11-56(50)53/h1-36H,37-39H2. The van der Waals surface area contributed by atoms with Crippen LogP contribution in [0.1, 0.15) is 16.7 Å². The molecular weight excluding hydrogens is 889 g/mol. The molecule has 0 atom stereocenters. The van der Waals surface area contributed by atoms with E-state index in [2.05, 4.69) is 146 Å². The Bertz CT molecular complexity index is 3350. The Hall–Kier alpha value is -9.60. The molecule has 0 unspecified atom stereocenters. The molecule has 5 aromatic carbocycles. The van der Waals surface area contributed by atoms with Gasteiger partial charge in [0.25, 0.3) is 0 Å². The van der Waals surface area contributed by atoms with E-state index in [-0.39, 0.29) is 19.8 Å². The number of ether oxygens (including phenoxy) is 3. The van der Waals surface area contributed by atoms with Crippen molar-refractivity contribution in [3.05, 3.63) is 236 Å². The van der Waals surface area contributed by atoms with Crippen LogP contribution in [-0.2, 0) is 19.8 Å². The maximum Gasteiger partial charge on any atom is 0.213 e. The molecule has 0 fully saturated rings. The van der Waals surface area contributed by atoms with Crippen molar-refractivity contribution < 1.29 is 14.2 Å². The highest BCUT2D eigenvalue weighted by Crippen LogP contribution is 2.42. The Kier molecular flexibility index (Phi) is 10.8. The van der Waals surface area contributed by atoms with E-state index in [0.29, 0.717) is 17.6 Å². The normalized spacial score (nSPS) is 12.3. The molecule has 32 rings (SSSR count). The van der Waals surface area contributed by atoms with Crippen LogP contribution in [0.3, 0.4) is 0 Å². The number of benzene rings is 5. The fourth-order valence-electron chi connectivity index (χ4n) is 9.64. The lowest BCUT2D eigenvalue weighted by Crippen LogP contribution is -2.05. The van der Waals surface area contributed by atoms with Crippen LogP contribution < -0.4 is 14.2 Å². The van der Waals surface area contributed by atoms with Crippen molar-refractivity contribution in [3.8, 4) is 118 Å². The third kappa shape index (κ3) is 8.49. The number of rotatable bonds is 0. The second kappa shape index (κ2) is 18.4. The Morgan fingerprint density at radius 2 is 0.500 bits per heavy atom. The van der Waals surface area contributed by atoms with Gasteiger partial charge in [0.2, 0.25) is 17.6 Å². The maximum atomic E-state index is 6.29. The molecule has 0 saturated heterocycles. The van der Waals surface area contributed by atoms with E-state index in [9.17, 15) is 0 Å². The van der Waals surface area contributed by atoms with Gasteiger partial charge in [0, 0.05) is 88.8 Å². The molecule has 9 nitrogen and oxygen atoms in total. The summed E-state index contributed by atoms with van der Waals surface area (Å²) in [4.78, 5) is 29.0. The molecule has 72 heavy (non-hydrogen) atoms. The van der Waals surface area contributed by atoms with Gasteiger partial charge in [0.05, 0.1) is 17.1 Å². The van der Waals surface area contributed by atoms with Crippen LogP contribution in [0.4, 0.5) is 0 Å². The molecule has 21 aliphatic rings. The summed E-state index contributed by atoms with van der Waals surface area (Å²) >= 11 is 0. The highest BCUT2D eigenvalue weighted by Gasteiger charge is 2.18. The van der Waals surface area contributed by atoms with Gasteiger partial charge in [-0.1, -0.05) is 91.0 Å². The van der Waals surface area contributed by atoms with Crippen LogP contribution in [0.15, 0.2) is 219 Å². The van der Waals surface area contributed by atoms with Crippen molar-refractivity contribution in [2.45, 2.75) is 19.8 Å². The van der Waals surface area contributed by atoms with Crippen molar-refractivity contribution >= 4 is 0 Å². The Morgan fingerprint density at radius 1 is 0.236 bits per heavy atom. The predicted octanol–water partition coefficient (Wildman–Crippen LogP) is 14.4. The predicted molar refractivity (Wildman–Crippen MR) is 282 cm³/mol. The van der Waals surface area contributed by atoms with Gasteiger partial charge in [0.15, 0.2) is 0 Å². The molecule has 0 saturated carbocycles. The largest absolute Gasteiger partial charge is 0.473 e. The van der Waals surface area contributed by atoms with E-state index in [4.69, 9.17) is 44.1 Å². The van der Waals surface area contributed by atoms with Gasteiger partial charge in [-0.05, 0) is 140 Å². The minimum absolute atomic E-state index is 0.276. The maximum absolute atomic E-state index is 6.29. The first kappa shape index (κ1) is 42.5. The number of hydrogen-bond acceptors (Lipinski definition) is 9. The molecule has 6 aromatic heterocycles. The van der Waals surface area contributed by atoms with Gasteiger partial charge in [0.1, 0.15) is 19.8 Å². The summed E-state index contributed by atoms with van der Waals surface area (Å²) in [6.07, 6.45) is 11.3. The van der Waals surface area contributed by atoms with Crippen LogP contribution in [0.2, 0.25) is 0 Å². The van der Waals surface area contributed by atoms with Crippen molar-refractivity contribution in [2.75, 3.05) is 0 Å². The molecule has 342 valence electrons. The molecule has 11 aromatic rings. The fraction of sp³-hybridized carbons (Fsp3) is 0.0476. The van der Waals surface area contributed by atoms with E-state index in [1.165, 1.54) is 0 Å². The second-order valence-electron chi connectivity index (χ2n) is 17.9. The second-order valence-corrected chi connectivity index (χ2v) is 17.9. The zero-order valence-electron chi connectivity index (χ0n) is 38.8. The lowest BCUT2D eigenvalue weighted by molar-refractivity contribution is 0.282. The van der Waals surface area contributed by atoms with Crippen LogP contribution in [0.25, 0.3) is 101 Å². The van der Waals surface area contributed by atoms with Gasteiger partial charge in [-0.25, -0.2) is 15.0 Å². The average Bonchev–Trinajstić information content (AvgIpc) is 3.45. The Labute approximate surface area is 416 Å². The summed E-state index contributed by atoms with van der Waals surface area (Å²) < 4.78 is 18.9. The molecular formula is C63H42N6O3. The summed E-state index contributed by atoms with van der Waals surface area (Å²) in [6.45, 7) is 0.829. The number of pyridine rings is 6. The minimum atomic E-state index is 0.276. The number of nitrogens with zero attached hydrogens (tertiary/aromatic N) is 6. The van der Waals surface area contributed by atoms with E-state index >= 15 is 0 Å². The molecule has 18 bridgehead atoms. The van der Waals surface area contributed by atoms with E-state index in [1.807, 2.05) is 55.0 Å². The first-order chi connectivity index (χ1) is 35.6. The highest BCUT2D eigenvalue weighted by atomic mass is 16.5. The van der Waals surface area contributed by atoms with Crippen LogP contribution in [-0.4, -0.2) is 29.9 Å². The lowest BCUT2D eigenvalue weighted by atomic mass is 9.86. The third-order valence-corrected chi connectivity index (χ3v) is 13.2.